The smallest absolute Gasteiger partial charge is 0.265 e. The van der Waals surface area contributed by atoms with Crippen LogP contribution < -0.4 is 10.1 Å². The highest BCUT2D eigenvalue weighted by Gasteiger charge is 2.20. The molecule has 5 heteroatoms. The molecule has 0 aliphatic rings. The van der Waals surface area contributed by atoms with Gasteiger partial charge in [0.2, 0.25) is 0 Å². The number of ether oxygens (including phenoxy) is 1. The molecular weight excluding hydrogens is 321 g/mol. The first-order valence-corrected chi connectivity index (χ1v) is 7.75. The molecule has 0 saturated carbocycles. The molecule has 0 aliphatic carbocycles. The first kappa shape index (κ1) is 16.7. The van der Waals surface area contributed by atoms with Crippen LogP contribution in [0.3, 0.4) is 0 Å². The zero-order valence-corrected chi connectivity index (χ0v) is 13.9. The van der Waals surface area contributed by atoms with Gasteiger partial charge in [-0.05, 0) is 43.2 Å². The van der Waals surface area contributed by atoms with Gasteiger partial charge in [0, 0.05) is 10.7 Å². The van der Waals surface area contributed by atoms with Crippen LogP contribution in [0.1, 0.15) is 18.9 Å². The van der Waals surface area contributed by atoms with Gasteiger partial charge in [-0.15, -0.1) is 0 Å². The molecule has 2 aromatic carbocycles. The highest BCUT2D eigenvalue weighted by molar-refractivity contribution is 6.36. The fraction of sp³-hybridized carbons (Fsp3) is 0.235. The summed E-state index contributed by atoms with van der Waals surface area (Å²) in [6, 6.07) is 12.6. The number of aryl methyl sites for hydroxylation is 1. The standard InChI is InChI=1S/C17H17Cl2NO2/c1-3-15(17(21)20-12-7-5-4-6-8-12)22-16-9-11(2)13(18)10-14(16)19/h4-10,15H,3H2,1-2H3,(H,20,21). The van der Waals surface area contributed by atoms with E-state index in [1.165, 1.54) is 0 Å². The van der Waals surface area contributed by atoms with Crippen LogP contribution in [0.4, 0.5) is 5.69 Å². The molecule has 0 radical (unpaired) electrons. The van der Waals surface area contributed by atoms with Gasteiger partial charge in [0.15, 0.2) is 6.10 Å². The Kier molecular flexibility index (Phi) is 5.69. The molecule has 0 aliphatic heterocycles. The number of benzene rings is 2. The number of carbonyl (C=O) groups excluding carboxylic acids is 1. The van der Waals surface area contributed by atoms with Crippen molar-refractivity contribution in [2.75, 3.05) is 5.32 Å². The maximum Gasteiger partial charge on any atom is 0.265 e. The minimum absolute atomic E-state index is 0.211. The second-order valence-electron chi connectivity index (χ2n) is 4.90. The quantitative estimate of drug-likeness (QED) is 0.824. The second-order valence-corrected chi connectivity index (χ2v) is 5.72. The molecule has 1 N–H and O–H groups in total. The van der Waals surface area contributed by atoms with E-state index in [2.05, 4.69) is 5.32 Å². The summed E-state index contributed by atoms with van der Waals surface area (Å²) in [5, 5.41) is 3.78. The summed E-state index contributed by atoms with van der Waals surface area (Å²) in [5.41, 5.74) is 1.58. The topological polar surface area (TPSA) is 38.3 Å². The molecule has 1 unspecified atom stereocenters. The van der Waals surface area contributed by atoms with Crippen LogP contribution in [0.5, 0.6) is 5.75 Å². The third-order valence-electron chi connectivity index (χ3n) is 3.19. The van der Waals surface area contributed by atoms with Gasteiger partial charge in [-0.3, -0.25) is 4.79 Å². The molecule has 0 bridgehead atoms. The van der Waals surface area contributed by atoms with Crippen molar-refractivity contribution in [2.24, 2.45) is 0 Å². The lowest BCUT2D eigenvalue weighted by molar-refractivity contribution is -0.122. The van der Waals surface area contributed by atoms with Crippen molar-refractivity contribution in [3.05, 3.63) is 58.1 Å². The summed E-state index contributed by atoms with van der Waals surface area (Å²) in [5.74, 6) is 0.246. The van der Waals surface area contributed by atoms with Gasteiger partial charge in [0.25, 0.3) is 5.91 Å². The molecule has 2 aromatic rings. The van der Waals surface area contributed by atoms with E-state index < -0.39 is 6.10 Å². The normalized spacial score (nSPS) is 11.8. The number of halogens is 2. The molecule has 0 spiro atoms. The van der Waals surface area contributed by atoms with Crippen molar-refractivity contribution in [1.29, 1.82) is 0 Å². The van der Waals surface area contributed by atoms with Crippen molar-refractivity contribution in [1.82, 2.24) is 0 Å². The summed E-state index contributed by atoms with van der Waals surface area (Å²) in [6.07, 6.45) is -0.102. The summed E-state index contributed by atoms with van der Waals surface area (Å²) in [7, 11) is 0. The minimum atomic E-state index is -0.627. The van der Waals surface area contributed by atoms with Crippen LogP contribution in [0, 0.1) is 6.92 Å². The minimum Gasteiger partial charge on any atom is -0.479 e. The lowest BCUT2D eigenvalue weighted by atomic mass is 10.2. The monoisotopic (exact) mass is 337 g/mol. The molecule has 116 valence electrons. The number of hydrogen-bond donors (Lipinski definition) is 1. The van der Waals surface area contributed by atoms with Gasteiger partial charge in [0.05, 0.1) is 5.02 Å². The van der Waals surface area contributed by atoms with Crippen molar-refractivity contribution in [3.63, 3.8) is 0 Å². The SMILES string of the molecule is CCC(Oc1cc(C)c(Cl)cc1Cl)C(=O)Nc1ccccc1. The molecule has 0 saturated heterocycles. The molecule has 3 nitrogen and oxygen atoms in total. The van der Waals surface area contributed by atoms with Gasteiger partial charge in [-0.2, -0.15) is 0 Å². The number of anilines is 1. The maximum atomic E-state index is 12.3. The van der Waals surface area contributed by atoms with Gasteiger partial charge >= 0.3 is 0 Å². The second kappa shape index (κ2) is 7.52. The third-order valence-corrected chi connectivity index (χ3v) is 3.89. The predicted molar refractivity (Wildman–Crippen MR) is 91.0 cm³/mol. The fourth-order valence-corrected chi connectivity index (χ4v) is 2.37. The number of para-hydroxylation sites is 1. The van der Waals surface area contributed by atoms with E-state index in [0.29, 0.717) is 22.2 Å². The fourth-order valence-electron chi connectivity index (χ4n) is 1.94. The van der Waals surface area contributed by atoms with Crippen LogP contribution in [0.2, 0.25) is 10.0 Å². The van der Waals surface area contributed by atoms with Gasteiger partial charge in [-0.1, -0.05) is 48.3 Å². The van der Waals surface area contributed by atoms with E-state index in [4.69, 9.17) is 27.9 Å². The average Bonchev–Trinajstić information content (AvgIpc) is 2.50. The molecule has 0 fully saturated rings. The Bertz CT molecular complexity index is 659. The first-order chi connectivity index (χ1) is 10.5. The zero-order valence-electron chi connectivity index (χ0n) is 12.4. The van der Waals surface area contributed by atoms with E-state index in [-0.39, 0.29) is 5.91 Å². The first-order valence-electron chi connectivity index (χ1n) is 6.99. The van der Waals surface area contributed by atoms with Crippen molar-refractivity contribution < 1.29 is 9.53 Å². The zero-order chi connectivity index (χ0) is 16.1. The highest BCUT2D eigenvalue weighted by Crippen LogP contribution is 2.31. The Hall–Kier alpha value is -1.71. The van der Waals surface area contributed by atoms with E-state index >= 15 is 0 Å². The molecule has 0 heterocycles. The van der Waals surface area contributed by atoms with Gasteiger partial charge < -0.3 is 10.1 Å². The van der Waals surface area contributed by atoms with Crippen LogP contribution in [0.15, 0.2) is 42.5 Å². The molecule has 1 amide bonds. The molecule has 2 rings (SSSR count). The third kappa shape index (κ3) is 4.15. The van der Waals surface area contributed by atoms with E-state index in [9.17, 15) is 4.79 Å². The maximum absolute atomic E-state index is 12.3. The van der Waals surface area contributed by atoms with Crippen LogP contribution in [-0.4, -0.2) is 12.0 Å². The van der Waals surface area contributed by atoms with Crippen LogP contribution in [-0.2, 0) is 4.79 Å². The number of carbonyl (C=O) groups is 1. The molecule has 22 heavy (non-hydrogen) atoms. The summed E-state index contributed by atoms with van der Waals surface area (Å²) in [4.78, 5) is 12.3. The summed E-state index contributed by atoms with van der Waals surface area (Å²) < 4.78 is 5.76. The Balaban J connectivity index is 2.12. The van der Waals surface area contributed by atoms with E-state index in [1.807, 2.05) is 44.2 Å². The lowest BCUT2D eigenvalue weighted by Crippen LogP contribution is -2.32. The highest BCUT2D eigenvalue weighted by atomic mass is 35.5. The van der Waals surface area contributed by atoms with Crippen molar-refractivity contribution in [2.45, 2.75) is 26.4 Å². The van der Waals surface area contributed by atoms with Gasteiger partial charge in [0.1, 0.15) is 5.75 Å². The molecule has 1 atom stereocenters. The van der Waals surface area contributed by atoms with E-state index in [0.717, 1.165) is 11.3 Å². The lowest BCUT2D eigenvalue weighted by Gasteiger charge is -2.18. The Morgan fingerprint density at radius 2 is 1.86 bits per heavy atom. The Morgan fingerprint density at radius 1 is 1.18 bits per heavy atom. The Morgan fingerprint density at radius 3 is 2.50 bits per heavy atom. The van der Waals surface area contributed by atoms with Crippen LogP contribution in [0.25, 0.3) is 0 Å². The number of amides is 1. The van der Waals surface area contributed by atoms with Gasteiger partial charge in [-0.25, -0.2) is 0 Å². The van der Waals surface area contributed by atoms with Crippen molar-refractivity contribution >= 4 is 34.8 Å². The number of nitrogens with one attached hydrogen (secondary N) is 1. The summed E-state index contributed by atoms with van der Waals surface area (Å²) >= 11 is 12.1. The number of rotatable bonds is 5. The number of hydrogen-bond acceptors (Lipinski definition) is 2. The molecule has 0 aromatic heterocycles. The molecular formula is C17H17Cl2NO2. The largest absolute Gasteiger partial charge is 0.479 e. The Labute approximate surface area is 140 Å². The average molecular weight is 338 g/mol. The van der Waals surface area contributed by atoms with Crippen LogP contribution >= 0.6 is 23.2 Å². The van der Waals surface area contributed by atoms with E-state index in [1.54, 1.807) is 12.1 Å². The van der Waals surface area contributed by atoms with Crippen molar-refractivity contribution in [3.8, 4) is 5.75 Å². The summed E-state index contributed by atoms with van der Waals surface area (Å²) in [6.45, 7) is 3.74. The predicted octanol–water partition coefficient (Wildman–Crippen LogP) is 5.10.